The summed E-state index contributed by atoms with van der Waals surface area (Å²) in [5.41, 5.74) is 0. The van der Waals surface area contributed by atoms with Crippen LogP contribution in [-0.4, -0.2) is 28.2 Å². The van der Waals surface area contributed by atoms with Crippen molar-refractivity contribution in [3.05, 3.63) is 18.7 Å². The zero-order chi connectivity index (χ0) is 12.7. The third kappa shape index (κ3) is 5.37. The number of aromatic nitrogens is 2. The predicted molar refractivity (Wildman–Crippen MR) is 55.1 cm³/mol. The molecule has 1 amide bonds. The van der Waals surface area contributed by atoms with Crippen molar-refractivity contribution in [2.24, 2.45) is 0 Å². The highest BCUT2D eigenvalue weighted by atomic mass is 19.4. The molecule has 7 heteroatoms. The number of hydrogen-bond acceptors (Lipinski definition) is 2. The van der Waals surface area contributed by atoms with Gasteiger partial charge in [-0.15, -0.1) is 0 Å². The molecule has 0 aliphatic carbocycles. The van der Waals surface area contributed by atoms with Gasteiger partial charge in [-0.25, -0.2) is 4.98 Å². The molecule has 1 aromatic heterocycles. The average Bonchev–Trinajstić information content (AvgIpc) is 2.74. The third-order valence-electron chi connectivity index (χ3n) is 2.20. The summed E-state index contributed by atoms with van der Waals surface area (Å²) in [6.07, 6.45) is 2.54. The number of amides is 1. The van der Waals surface area contributed by atoms with Crippen LogP contribution in [0, 0.1) is 0 Å². The largest absolute Gasteiger partial charge is 0.471 e. The number of unbranched alkanes of at least 4 members (excludes halogenated alkanes) is 2. The minimum absolute atomic E-state index is 0.0578. The Labute approximate surface area is 96.8 Å². The number of halogens is 3. The first-order valence-electron chi connectivity index (χ1n) is 5.31. The molecule has 0 fully saturated rings. The maximum absolute atomic E-state index is 11.8. The minimum Gasteiger partial charge on any atom is -0.348 e. The second kappa shape index (κ2) is 6.27. The van der Waals surface area contributed by atoms with Crippen molar-refractivity contribution in [2.45, 2.75) is 32.0 Å². The maximum atomic E-state index is 11.8. The van der Waals surface area contributed by atoms with Crippen LogP contribution in [0.1, 0.15) is 19.3 Å². The van der Waals surface area contributed by atoms with Crippen LogP contribution in [0.4, 0.5) is 13.2 Å². The molecule has 1 heterocycles. The molecule has 1 rings (SSSR count). The van der Waals surface area contributed by atoms with Gasteiger partial charge in [0.2, 0.25) is 0 Å². The summed E-state index contributed by atoms with van der Waals surface area (Å²) in [4.78, 5) is 14.3. The highest BCUT2D eigenvalue weighted by Gasteiger charge is 2.38. The van der Waals surface area contributed by atoms with E-state index in [4.69, 9.17) is 0 Å². The lowest BCUT2D eigenvalue weighted by molar-refractivity contribution is -0.173. The second-order valence-electron chi connectivity index (χ2n) is 3.61. The smallest absolute Gasteiger partial charge is 0.348 e. The summed E-state index contributed by atoms with van der Waals surface area (Å²) in [5.74, 6) is -1.87. The van der Waals surface area contributed by atoms with Gasteiger partial charge < -0.3 is 9.88 Å². The zero-order valence-corrected chi connectivity index (χ0v) is 9.20. The lowest BCUT2D eigenvalue weighted by Gasteiger charge is -2.07. The van der Waals surface area contributed by atoms with Crippen molar-refractivity contribution < 1.29 is 18.0 Å². The lowest BCUT2D eigenvalue weighted by atomic mass is 10.2. The van der Waals surface area contributed by atoms with Crippen LogP contribution in [-0.2, 0) is 11.3 Å². The van der Waals surface area contributed by atoms with E-state index in [1.165, 1.54) is 0 Å². The molecule has 0 unspecified atom stereocenters. The fraction of sp³-hybridized carbons (Fsp3) is 0.600. The third-order valence-corrected chi connectivity index (χ3v) is 2.20. The van der Waals surface area contributed by atoms with Gasteiger partial charge >= 0.3 is 12.1 Å². The first kappa shape index (κ1) is 13.5. The minimum atomic E-state index is -4.78. The van der Waals surface area contributed by atoms with E-state index >= 15 is 0 Å². The summed E-state index contributed by atoms with van der Waals surface area (Å²) in [6.45, 7) is 0.843. The van der Waals surface area contributed by atoms with E-state index in [0.717, 1.165) is 19.4 Å². The van der Waals surface area contributed by atoms with Gasteiger partial charge in [-0.1, -0.05) is 0 Å². The molecule has 0 aromatic carbocycles. The molecule has 17 heavy (non-hydrogen) atoms. The molecule has 0 atom stereocenters. The maximum Gasteiger partial charge on any atom is 0.471 e. The number of hydrogen-bond donors (Lipinski definition) is 1. The van der Waals surface area contributed by atoms with Crippen LogP contribution in [0.5, 0.6) is 0 Å². The number of imidazole rings is 1. The topological polar surface area (TPSA) is 46.9 Å². The Bertz CT molecular complexity index is 335. The van der Waals surface area contributed by atoms with Crippen LogP contribution < -0.4 is 5.32 Å². The van der Waals surface area contributed by atoms with Gasteiger partial charge in [0.05, 0.1) is 6.33 Å². The molecule has 0 saturated carbocycles. The summed E-state index contributed by atoms with van der Waals surface area (Å²) < 4.78 is 37.3. The SMILES string of the molecule is O=C(NCCCCCn1ccnc1)C(F)(F)F. The molecule has 0 bridgehead atoms. The number of rotatable bonds is 6. The normalized spacial score (nSPS) is 11.5. The first-order valence-corrected chi connectivity index (χ1v) is 5.31. The number of aryl methyl sites for hydroxylation is 1. The molecular formula is C10H14F3N3O. The van der Waals surface area contributed by atoms with Crippen molar-refractivity contribution >= 4 is 5.91 Å². The van der Waals surface area contributed by atoms with E-state index in [1.54, 1.807) is 12.5 Å². The van der Waals surface area contributed by atoms with E-state index in [2.05, 4.69) is 4.98 Å². The van der Waals surface area contributed by atoms with Gasteiger partial charge in [0, 0.05) is 25.5 Å². The van der Waals surface area contributed by atoms with Crippen LogP contribution in [0.3, 0.4) is 0 Å². The highest BCUT2D eigenvalue weighted by molar-refractivity contribution is 5.81. The van der Waals surface area contributed by atoms with Gasteiger partial charge in [-0.2, -0.15) is 13.2 Å². The standard InChI is InChI=1S/C10H14F3N3O/c11-10(12,13)9(17)15-4-2-1-3-6-16-7-5-14-8-16/h5,7-8H,1-4,6H2,(H,15,17). The molecule has 1 aromatic rings. The van der Waals surface area contributed by atoms with Crippen LogP contribution in [0.25, 0.3) is 0 Å². The Kier molecular flexibility index (Phi) is 4.99. The van der Waals surface area contributed by atoms with E-state index in [-0.39, 0.29) is 6.54 Å². The van der Waals surface area contributed by atoms with Crippen molar-refractivity contribution in [3.8, 4) is 0 Å². The van der Waals surface area contributed by atoms with E-state index < -0.39 is 12.1 Å². The number of alkyl halides is 3. The number of carbonyl (C=O) groups excluding carboxylic acids is 1. The summed E-state index contributed by atoms with van der Waals surface area (Å²) in [5, 5.41) is 1.83. The average molecular weight is 249 g/mol. The van der Waals surface area contributed by atoms with Gasteiger partial charge in [0.25, 0.3) is 0 Å². The van der Waals surface area contributed by atoms with Crippen LogP contribution in [0.2, 0.25) is 0 Å². The van der Waals surface area contributed by atoms with E-state index in [0.29, 0.717) is 6.42 Å². The Morgan fingerprint density at radius 3 is 2.65 bits per heavy atom. The monoisotopic (exact) mass is 249 g/mol. The van der Waals surface area contributed by atoms with Crippen LogP contribution >= 0.6 is 0 Å². The van der Waals surface area contributed by atoms with E-state index in [9.17, 15) is 18.0 Å². The fourth-order valence-corrected chi connectivity index (χ4v) is 1.32. The van der Waals surface area contributed by atoms with Crippen LogP contribution in [0.15, 0.2) is 18.7 Å². The highest BCUT2D eigenvalue weighted by Crippen LogP contribution is 2.13. The van der Waals surface area contributed by atoms with Gasteiger partial charge in [-0.3, -0.25) is 4.79 Å². The number of nitrogens with one attached hydrogen (secondary N) is 1. The number of carbonyl (C=O) groups is 1. The second-order valence-corrected chi connectivity index (χ2v) is 3.61. The van der Waals surface area contributed by atoms with Crippen molar-refractivity contribution in [3.63, 3.8) is 0 Å². The molecule has 0 spiro atoms. The van der Waals surface area contributed by atoms with Gasteiger partial charge in [-0.05, 0) is 19.3 Å². The Hall–Kier alpha value is -1.53. The Balaban J connectivity index is 2.00. The summed E-state index contributed by atoms with van der Waals surface area (Å²) >= 11 is 0. The Morgan fingerprint density at radius 1 is 1.29 bits per heavy atom. The molecule has 0 aliphatic heterocycles. The quantitative estimate of drug-likeness (QED) is 0.780. The van der Waals surface area contributed by atoms with E-state index in [1.807, 2.05) is 16.1 Å². The zero-order valence-electron chi connectivity index (χ0n) is 9.20. The fourth-order valence-electron chi connectivity index (χ4n) is 1.32. The molecule has 96 valence electrons. The van der Waals surface area contributed by atoms with Gasteiger partial charge in [0.1, 0.15) is 0 Å². The summed E-state index contributed by atoms with van der Waals surface area (Å²) in [6, 6.07) is 0. The lowest BCUT2D eigenvalue weighted by Crippen LogP contribution is -2.37. The molecule has 4 nitrogen and oxygen atoms in total. The summed E-state index contributed by atoms with van der Waals surface area (Å²) in [7, 11) is 0. The molecular weight excluding hydrogens is 235 g/mol. The predicted octanol–water partition coefficient (Wildman–Crippen LogP) is 1.73. The van der Waals surface area contributed by atoms with Gasteiger partial charge in [0.15, 0.2) is 0 Å². The number of nitrogens with zero attached hydrogens (tertiary/aromatic N) is 2. The van der Waals surface area contributed by atoms with Crippen molar-refractivity contribution in [1.29, 1.82) is 0 Å². The molecule has 0 radical (unpaired) electrons. The van der Waals surface area contributed by atoms with Crippen molar-refractivity contribution in [2.75, 3.05) is 6.54 Å². The Morgan fingerprint density at radius 2 is 2.06 bits per heavy atom. The molecule has 0 aliphatic rings. The molecule has 0 saturated heterocycles. The molecule has 1 N–H and O–H groups in total. The first-order chi connectivity index (χ1) is 8.00. The van der Waals surface area contributed by atoms with Crippen molar-refractivity contribution in [1.82, 2.24) is 14.9 Å².